The van der Waals surface area contributed by atoms with Crippen LogP contribution in [0.5, 0.6) is 0 Å². The van der Waals surface area contributed by atoms with Crippen molar-refractivity contribution in [3.8, 4) is 0 Å². The topological polar surface area (TPSA) is 21.7 Å². The van der Waals surface area contributed by atoms with E-state index in [1.165, 1.54) is 19.4 Å². The maximum atomic E-state index is 5.58. The van der Waals surface area contributed by atoms with E-state index in [0.717, 1.165) is 32.9 Å². The predicted molar refractivity (Wildman–Crippen MR) is 59.9 cm³/mol. The monoisotopic (exact) mass is 211 g/mol. The van der Waals surface area contributed by atoms with Crippen molar-refractivity contribution in [2.24, 2.45) is 5.41 Å². The van der Waals surface area contributed by atoms with Gasteiger partial charge in [0.1, 0.15) is 0 Å². The molecule has 86 valence electrons. The first-order valence-electron chi connectivity index (χ1n) is 5.83. The van der Waals surface area contributed by atoms with Crippen molar-refractivity contribution in [1.82, 2.24) is 4.90 Å². The fourth-order valence-corrected chi connectivity index (χ4v) is 2.12. The van der Waals surface area contributed by atoms with Crippen LogP contribution < -0.4 is 0 Å². The summed E-state index contributed by atoms with van der Waals surface area (Å²) in [5.74, 6) is 0. The second-order valence-electron chi connectivity index (χ2n) is 4.69. The molecule has 1 aliphatic heterocycles. The van der Waals surface area contributed by atoms with Crippen LogP contribution in [-0.2, 0) is 9.47 Å². The summed E-state index contributed by atoms with van der Waals surface area (Å²) < 4.78 is 10.9. The second-order valence-corrected chi connectivity index (χ2v) is 4.69. The highest BCUT2D eigenvalue weighted by Gasteiger charge is 2.44. The van der Waals surface area contributed by atoms with Gasteiger partial charge >= 0.3 is 0 Å². The first-order valence-corrected chi connectivity index (χ1v) is 5.83. The van der Waals surface area contributed by atoms with Crippen molar-refractivity contribution < 1.29 is 9.47 Å². The van der Waals surface area contributed by atoms with Crippen LogP contribution >= 0.6 is 0 Å². The summed E-state index contributed by atoms with van der Waals surface area (Å²) in [5.41, 5.74) is 0.459. The molecule has 2 rings (SSSR count). The van der Waals surface area contributed by atoms with Gasteiger partial charge in [0.05, 0.1) is 26.4 Å². The Morgan fingerprint density at radius 3 is 2.67 bits per heavy atom. The van der Waals surface area contributed by atoms with Crippen LogP contribution in [0.4, 0.5) is 0 Å². The normalized spacial score (nSPS) is 25.1. The van der Waals surface area contributed by atoms with Gasteiger partial charge in [-0.05, 0) is 12.8 Å². The van der Waals surface area contributed by atoms with Crippen LogP contribution in [0.1, 0.15) is 12.8 Å². The zero-order chi connectivity index (χ0) is 10.6. The van der Waals surface area contributed by atoms with E-state index in [9.17, 15) is 0 Å². The fraction of sp³-hybridized carbons (Fsp3) is 0.833. The third-order valence-corrected chi connectivity index (χ3v) is 3.26. The third kappa shape index (κ3) is 3.30. The summed E-state index contributed by atoms with van der Waals surface area (Å²) in [6.45, 7) is 10.4. The Balaban J connectivity index is 1.69. The summed E-state index contributed by atoms with van der Waals surface area (Å²) in [4.78, 5) is 2.51. The number of nitrogens with zero attached hydrogens (tertiary/aromatic N) is 1. The van der Waals surface area contributed by atoms with Crippen molar-refractivity contribution in [2.45, 2.75) is 12.8 Å². The second kappa shape index (κ2) is 5.10. The van der Waals surface area contributed by atoms with Crippen LogP contribution in [-0.4, -0.2) is 51.0 Å². The molecule has 0 atom stereocenters. The third-order valence-electron chi connectivity index (χ3n) is 3.26. The minimum absolute atomic E-state index is 0.459. The number of rotatable bonds is 6. The lowest BCUT2D eigenvalue weighted by Crippen LogP contribution is -2.41. The summed E-state index contributed by atoms with van der Waals surface area (Å²) in [5, 5.41) is 0. The molecular weight excluding hydrogens is 190 g/mol. The number of hydrogen-bond donors (Lipinski definition) is 0. The van der Waals surface area contributed by atoms with E-state index in [-0.39, 0.29) is 0 Å². The molecule has 1 saturated heterocycles. The average Bonchev–Trinajstić information content (AvgIpc) is 3.00. The minimum Gasteiger partial charge on any atom is -0.379 e. The van der Waals surface area contributed by atoms with Gasteiger partial charge in [-0.2, -0.15) is 0 Å². The van der Waals surface area contributed by atoms with Gasteiger partial charge in [-0.3, -0.25) is 4.90 Å². The van der Waals surface area contributed by atoms with Gasteiger partial charge in [0.2, 0.25) is 0 Å². The van der Waals surface area contributed by atoms with Crippen LogP contribution in [0, 0.1) is 5.41 Å². The number of ether oxygens (including phenoxy) is 2. The lowest BCUT2D eigenvalue weighted by molar-refractivity contribution is 0.0155. The van der Waals surface area contributed by atoms with E-state index >= 15 is 0 Å². The van der Waals surface area contributed by atoms with Crippen LogP contribution in [0.25, 0.3) is 0 Å². The highest BCUT2D eigenvalue weighted by Crippen LogP contribution is 2.46. The molecule has 3 nitrogen and oxygen atoms in total. The van der Waals surface area contributed by atoms with Gasteiger partial charge in [-0.1, -0.05) is 6.08 Å². The zero-order valence-corrected chi connectivity index (χ0v) is 9.41. The average molecular weight is 211 g/mol. The molecule has 0 unspecified atom stereocenters. The standard InChI is InChI=1S/C12H21NO2/c1-2-7-15-11-12(3-4-12)10-13-5-8-14-9-6-13/h2H,1,3-11H2. The molecule has 0 N–H and O–H groups in total. The fourth-order valence-electron chi connectivity index (χ4n) is 2.12. The molecule has 0 amide bonds. The van der Waals surface area contributed by atoms with Gasteiger partial charge in [0.25, 0.3) is 0 Å². The predicted octanol–water partition coefficient (Wildman–Crippen LogP) is 1.30. The lowest BCUT2D eigenvalue weighted by atomic mass is 10.1. The molecule has 15 heavy (non-hydrogen) atoms. The molecular formula is C12H21NO2. The summed E-state index contributed by atoms with van der Waals surface area (Å²) in [7, 11) is 0. The smallest absolute Gasteiger partial charge is 0.0645 e. The Kier molecular flexibility index (Phi) is 3.78. The van der Waals surface area contributed by atoms with Gasteiger partial charge in [-0.15, -0.1) is 6.58 Å². The summed E-state index contributed by atoms with van der Waals surface area (Å²) >= 11 is 0. The molecule has 1 aliphatic carbocycles. The van der Waals surface area contributed by atoms with Gasteiger partial charge < -0.3 is 9.47 Å². The maximum Gasteiger partial charge on any atom is 0.0645 e. The quantitative estimate of drug-likeness (QED) is 0.488. The van der Waals surface area contributed by atoms with Crippen molar-refractivity contribution in [1.29, 1.82) is 0 Å². The minimum atomic E-state index is 0.459. The van der Waals surface area contributed by atoms with E-state index in [0.29, 0.717) is 12.0 Å². The molecule has 0 aromatic rings. The molecule has 0 spiro atoms. The highest BCUT2D eigenvalue weighted by atomic mass is 16.5. The summed E-state index contributed by atoms with van der Waals surface area (Å²) in [6.07, 6.45) is 4.47. The first-order chi connectivity index (χ1) is 7.35. The largest absolute Gasteiger partial charge is 0.379 e. The van der Waals surface area contributed by atoms with Crippen LogP contribution in [0.2, 0.25) is 0 Å². The zero-order valence-electron chi connectivity index (χ0n) is 9.41. The maximum absolute atomic E-state index is 5.58. The van der Waals surface area contributed by atoms with Crippen molar-refractivity contribution in [2.75, 3.05) is 46.1 Å². The van der Waals surface area contributed by atoms with E-state index in [4.69, 9.17) is 9.47 Å². The molecule has 0 aromatic carbocycles. The Morgan fingerprint density at radius 2 is 2.07 bits per heavy atom. The molecule has 1 saturated carbocycles. The Labute approximate surface area is 92.0 Å². The molecule has 1 heterocycles. The molecule has 0 aromatic heterocycles. The Hall–Kier alpha value is -0.380. The van der Waals surface area contributed by atoms with Gasteiger partial charge in [-0.25, -0.2) is 0 Å². The van der Waals surface area contributed by atoms with Crippen LogP contribution in [0.3, 0.4) is 0 Å². The Morgan fingerprint density at radius 1 is 1.33 bits per heavy atom. The van der Waals surface area contributed by atoms with Crippen molar-refractivity contribution in [3.63, 3.8) is 0 Å². The highest BCUT2D eigenvalue weighted by molar-refractivity contribution is 4.96. The molecule has 2 fully saturated rings. The number of hydrogen-bond acceptors (Lipinski definition) is 3. The molecule has 0 radical (unpaired) electrons. The van der Waals surface area contributed by atoms with Crippen molar-refractivity contribution in [3.05, 3.63) is 12.7 Å². The van der Waals surface area contributed by atoms with E-state index in [1.807, 2.05) is 6.08 Å². The van der Waals surface area contributed by atoms with E-state index < -0.39 is 0 Å². The van der Waals surface area contributed by atoms with E-state index in [2.05, 4.69) is 11.5 Å². The van der Waals surface area contributed by atoms with Crippen LogP contribution in [0.15, 0.2) is 12.7 Å². The lowest BCUT2D eigenvalue weighted by Gasteiger charge is -2.30. The molecule has 0 bridgehead atoms. The number of morpholine rings is 1. The summed E-state index contributed by atoms with van der Waals surface area (Å²) in [6, 6.07) is 0. The Bertz CT molecular complexity index is 208. The molecule has 3 heteroatoms. The van der Waals surface area contributed by atoms with Crippen molar-refractivity contribution >= 4 is 0 Å². The van der Waals surface area contributed by atoms with Gasteiger partial charge in [0.15, 0.2) is 0 Å². The van der Waals surface area contributed by atoms with Gasteiger partial charge in [0, 0.05) is 25.0 Å². The first kappa shape index (κ1) is 11.1. The molecule has 2 aliphatic rings. The van der Waals surface area contributed by atoms with E-state index in [1.54, 1.807) is 0 Å². The SMILES string of the molecule is C=CCOCC1(CN2CCOCC2)CC1.